The zero-order chi connectivity index (χ0) is 18.7. The van der Waals surface area contributed by atoms with Gasteiger partial charge in [0.25, 0.3) is 0 Å². The molecule has 2 N–H and O–H groups in total. The van der Waals surface area contributed by atoms with Crippen LogP contribution < -0.4 is 15.6 Å². The highest BCUT2D eigenvalue weighted by molar-refractivity contribution is 8.00. The first-order valence-corrected chi connectivity index (χ1v) is 9.13. The molecule has 2 aromatic carbocycles. The Bertz CT molecular complexity index is 965. The third-order valence-corrected chi connectivity index (χ3v) is 5.06. The van der Waals surface area contributed by atoms with Gasteiger partial charge in [0.1, 0.15) is 0 Å². The van der Waals surface area contributed by atoms with Crippen LogP contribution in [0.1, 0.15) is 12.5 Å². The summed E-state index contributed by atoms with van der Waals surface area (Å²) in [7, 11) is 0. The Hall–Kier alpha value is -2.51. The maximum Gasteiger partial charge on any atom is 0.442 e. The van der Waals surface area contributed by atoms with E-state index in [1.54, 1.807) is 31.2 Å². The Morgan fingerprint density at radius 1 is 1.19 bits per heavy atom. The Labute approximate surface area is 159 Å². The smallest absolute Gasteiger partial charge is 0.325 e. The zero-order valence-electron chi connectivity index (χ0n) is 14.2. The molecule has 0 saturated carbocycles. The van der Waals surface area contributed by atoms with Crippen molar-refractivity contribution in [1.29, 1.82) is 0 Å². The molecule has 3 aromatic rings. The van der Waals surface area contributed by atoms with Crippen molar-refractivity contribution in [3.8, 4) is 5.69 Å². The molecule has 0 fully saturated rings. The van der Waals surface area contributed by atoms with Gasteiger partial charge in [0.2, 0.25) is 11.6 Å². The van der Waals surface area contributed by atoms with Crippen LogP contribution in [-0.4, -0.2) is 16.4 Å². The van der Waals surface area contributed by atoms with Gasteiger partial charge in [-0.2, -0.15) is 0 Å². The lowest BCUT2D eigenvalue weighted by Gasteiger charge is -2.09. The van der Waals surface area contributed by atoms with Crippen LogP contribution in [0.2, 0.25) is 5.02 Å². The molecule has 26 heavy (non-hydrogen) atoms. The minimum Gasteiger partial charge on any atom is -0.325 e. The van der Waals surface area contributed by atoms with E-state index in [4.69, 9.17) is 16.1 Å². The van der Waals surface area contributed by atoms with Crippen molar-refractivity contribution >= 4 is 35.0 Å². The number of rotatable bonds is 5. The molecule has 0 radical (unpaired) electrons. The number of thioether (sulfide) groups is 1. The van der Waals surface area contributed by atoms with Gasteiger partial charge in [-0.15, -0.1) is 0 Å². The fourth-order valence-electron chi connectivity index (χ4n) is 2.23. The summed E-state index contributed by atoms with van der Waals surface area (Å²) in [6.45, 7) is 3.70. The van der Waals surface area contributed by atoms with Crippen LogP contribution in [0.4, 0.5) is 5.69 Å². The van der Waals surface area contributed by atoms with E-state index >= 15 is 0 Å². The molecule has 1 aromatic heterocycles. The van der Waals surface area contributed by atoms with E-state index in [1.165, 1.54) is 4.68 Å². The van der Waals surface area contributed by atoms with E-state index in [0.717, 1.165) is 23.0 Å². The first-order valence-electron chi connectivity index (χ1n) is 7.87. The summed E-state index contributed by atoms with van der Waals surface area (Å²) in [6.07, 6.45) is 0. The minimum atomic E-state index is -0.526. The zero-order valence-corrected chi connectivity index (χ0v) is 15.7. The van der Waals surface area contributed by atoms with E-state index in [9.17, 15) is 9.59 Å². The third kappa shape index (κ3) is 4.17. The first-order chi connectivity index (χ1) is 12.4. The maximum atomic E-state index is 12.4. The molecule has 6 nitrogen and oxygen atoms in total. The Balaban J connectivity index is 1.76. The Morgan fingerprint density at radius 2 is 1.85 bits per heavy atom. The van der Waals surface area contributed by atoms with Crippen LogP contribution in [0, 0.1) is 6.92 Å². The van der Waals surface area contributed by atoms with Crippen molar-refractivity contribution in [3.63, 3.8) is 0 Å². The van der Waals surface area contributed by atoms with Gasteiger partial charge in [-0.05, 0) is 59.8 Å². The number of halogens is 1. The van der Waals surface area contributed by atoms with Crippen molar-refractivity contribution in [2.75, 3.05) is 5.32 Å². The fraction of sp³-hybridized carbons (Fsp3) is 0.167. The number of hydrogen-bond donors (Lipinski definition) is 2. The SMILES string of the molecule is Cc1ccc(-[n+]2[nH]oc(=O)c2SC(C)C(=O)Nc2ccc(Cl)cc2)cc1. The minimum absolute atomic E-state index is 0.228. The molecule has 134 valence electrons. The van der Waals surface area contributed by atoms with E-state index in [-0.39, 0.29) is 5.91 Å². The van der Waals surface area contributed by atoms with Crippen LogP contribution in [0.5, 0.6) is 0 Å². The van der Waals surface area contributed by atoms with Crippen LogP contribution in [0.15, 0.2) is 62.9 Å². The molecular weight excluding hydrogens is 374 g/mol. The molecule has 1 unspecified atom stereocenters. The molecule has 0 spiro atoms. The normalized spacial score (nSPS) is 12.0. The van der Waals surface area contributed by atoms with Gasteiger partial charge in [-0.25, -0.2) is 4.79 Å². The summed E-state index contributed by atoms with van der Waals surface area (Å²) in [4.78, 5) is 24.5. The number of anilines is 1. The van der Waals surface area contributed by atoms with E-state index in [1.807, 2.05) is 31.2 Å². The second-order valence-electron chi connectivity index (χ2n) is 5.71. The number of carbonyl (C=O) groups is 1. The number of aryl methyl sites for hydroxylation is 1. The van der Waals surface area contributed by atoms with Crippen molar-refractivity contribution < 1.29 is 14.0 Å². The number of carbonyl (C=O) groups excluding carboxylic acids is 1. The van der Waals surface area contributed by atoms with E-state index < -0.39 is 10.9 Å². The van der Waals surface area contributed by atoms with Gasteiger partial charge >= 0.3 is 10.7 Å². The van der Waals surface area contributed by atoms with E-state index in [0.29, 0.717) is 15.7 Å². The summed E-state index contributed by atoms with van der Waals surface area (Å²) in [5, 5.41) is 5.75. The van der Waals surface area contributed by atoms with Crippen molar-refractivity contribution in [2.45, 2.75) is 24.1 Å². The van der Waals surface area contributed by atoms with Crippen LogP contribution in [0.3, 0.4) is 0 Å². The summed E-state index contributed by atoms with van der Waals surface area (Å²) in [6, 6.07) is 14.4. The van der Waals surface area contributed by atoms with Gasteiger partial charge in [-0.1, -0.05) is 29.3 Å². The van der Waals surface area contributed by atoms with Crippen molar-refractivity contribution in [2.24, 2.45) is 0 Å². The molecule has 0 aliphatic carbocycles. The lowest BCUT2D eigenvalue weighted by atomic mass is 10.2. The van der Waals surface area contributed by atoms with Gasteiger partial charge < -0.3 is 5.32 Å². The lowest BCUT2D eigenvalue weighted by molar-refractivity contribution is -0.704. The summed E-state index contributed by atoms with van der Waals surface area (Å²) in [5.41, 5.74) is 1.96. The first kappa shape index (κ1) is 18.3. The fourth-order valence-corrected chi connectivity index (χ4v) is 3.24. The number of aromatic nitrogens is 2. The van der Waals surface area contributed by atoms with Gasteiger partial charge in [0.15, 0.2) is 0 Å². The second-order valence-corrected chi connectivity index (χ2v) is 7.48. The lowest BCUT2D eigenvalue weighted by Crippen LogP contribution is -2.37. The number of amides is 1. The number of benzene rings is 2. The highest BCUT2D eigenvalue weighted by atomic mass is 35.5. The number of nitrogens with one attached hydrogen (secondary N) is 2. The number of hydrogen-bond acceptors (Lipinski definition) is 4. The molecule has 0 bridgehead atoms. The molecule has 1 heterocycles. The molecule has 1 atom stereocenters. The largest absolute Gasteiger partial charge is 0.442 e. The number of H-pyrrole nitrogens is 1. The average molecular weight is 391 g/mol. The molecule has 0 aliphatic heterocycles. The van der Waals surface area contributed by atoms with E-state index in [2.05, 4.69) is 10.6 Å². The summed E-state index contributed by atoms with van der Waals surface area (Å²) < 4.78 is 6.43. The highest BCUT2D eigenvalue weighted by Crippen LogP contribution is 2.20. The molecule has 1 amide bonds. The molecule has 0 saturated heterocycles. The summed E-state index contributed by atoms with van der Waals surface area (Å²) in [5.74, 6) is -0.228. The number of nitrogens with zero attached hydrogens (tertiary/aromatic N) is 1. The Kier molecular flexibility index (Phi) is 5.49. The summed E-state index contributed by atoms with van der Waals surface area (Å²) >= 11 is 6.96. The molecular formula is C18H17ClN3O3S+. The van der Waals surface area contributed by atoms with Crippen LogP contribution in [-0.2, 0) is 4.79 Å². The number of aromatic amines is 1. The van der Waals surface area contributed by atoms with Crippen LogP contribution >= 0.6 is 23.4 Å². The van der Waals surface area contributed by atoms with Crippen molar-refractivity contribution in [1.82, 2.24) is 5.27 Å². The van der Waals surface area contributed by atoms with Gasteiger partial charge in [-0.3, -0.25) is 9.32 Å². The monoisotopic (exact) mass is 390 g/mol. The molecule has 3 rings (SSSR count). The second kappa shape index (κ2) is 7.80. The third-order valence-electron chi connectivity index (χ3n) is 3.67. The van der Waals surface area contributed by atoms with Gasteiger partial charge in [0, 0.05) is 22.8 Å². The standard InChI is InChI=1S/C18H16ClN3O3S/c1-11-3-9-15(10-4-11)22-17(18(24)25-21-22)26-12(2)16(23)20-14-7-5-13(19)6-8-14/h3-10,12H,1-2H3,(H-,20,21,23,24)/p+1. The van der Waals surface area contributed by atoms with Crippen LogP contribution in [0.25, 0.3) is 5.69 Å². The highest BCUT2D eigenvalue weighted by Gasteiger charge is 2.28. The van der Waals surface area contributed by atoms with Gasteiger partial charge in [0.05, 0.1) is 5.25 Å². The Morgan fingerprint density at radius 3 is 2.50 bits per heavy atom. The molecule has 0 aliphatic rings. The predicted octanol–water partition coefficient (Wildman–Crippen LogP) is 3.33. The van der Waals surface area contributed by atoms with Crippen molar-refractivity contribution in [3.05, 3.63) is 69.5 Å². The predicted molar refractivity (Wildman–Crippen MR) is 101 cm³/mol. The average Bonchev–Trinajstić information content (AvgIpc) is 2.98. The quantitative estimate of drug-likeness (QED) is 0.517. The topological polar surface area (TPSA) is 79.0 Å². The molecule has 8 heteroatoms. The maximum absolute atomic E-state index is 12.4.